The van der Waals surface area contributed by atoms with E-state index in [1.54, 1.807) is 11.3 Å². The minimum Gasteiger partial charge on any atom is -0.322 e. The molecule has 2 aliphatic heterocycles. The summed E-state index contributed by atoms with van der Waals surface area (Å²) in [4.78, 5) is 34.0. The zero-order valence-corrected chi connectivity index (χ0v) is 19.9. The van der Waals surface area contributed by atoms with Crippen LogP contribution in [0, 0.1) is 12.8 Å². The quantitative estimate of drug-likeness (QED) is 0.598. The average molecular weight is 461 g/mol. The van der Waals surface area contributed by atoms with Gasteiger partial charge in [0.05, 0.1) is 34.9 Å². The molecule has 2 aromatic carbocycles. The van der Waals surface area contributed by atoms with E-state index in [0.717, 1.165) is 28.6 Å². The Morgan fingerprint density at radius 2 is 1.79 bits per heavy atom. The number of carbonyl (C=O) groups excluding carboxylic acids is 2. The lowest BCUT2D eigenvalue weighted by atomic mass is 9.77. The molecule has 3 fully saturated rings. The number of benzene rings is 2. The number of rotatable bonds is 3. The molecule has 6 rings (SSSR count). The maximum atomic E-state index is 13.5. The number of nitrogens with zero attached hydrogens (tertiary/aromatic N) is 2. The largest absolute Gasteiger partial charge is 0.322 e. The van der Waals surface area contributed by atoms with E-state index in [-0.39, 0.29) is 17.9 Å². The van der Waals surface area contributed by atoms with Crippen molar-refractivity contribution in [2.45, 2.75) is 64.0 Å². The number of aromatic nitrogens is 1. The minimum absolute atomic E-state index is 0.00978. The fourth-order valence-electron chi connectivity index (χ4n) is 6.33. The lowest BCUT2D eigenvalue weighted by Gasteiger charge is -2.43. The number of amides is 2. The van der Waals surface area contributed by atoms with Gasteiger partial charge in [-0.1, -0.05) is 12.5 Å². The van der Waals surface area contributed by atoms with Crippen molar-refractivity contribution in [3.05, 3.63) is 48.0 Å². The van der Waals surface area contributed by atoms with Crippen molar-refractivity contribution in [2.75, 3.05) is 11.4 Å². The van der Waals surface area contributed by atoms with Crippen molar-refractivity contribution in [1.82, 2.24) is 4.98 Å². The Morgan fingerprint density at radius 3 is 2.64 bits per heavy atom. The standard InChI is InChI=1S/C27H29N3O2S/c1-17-8-13-21-24(15-17)33-26(28-21)19-9-11-20(12-10-19)30-25(31)16-23(27(30)32)29-14-4-6-18-5-2-3-7-22(18)29/h8-13,15,18,22-23H,2-7,14,16H2,1H3/p+1/t18-,22+,23-/m1/s1. The maximum Gasteiger partial charge on any atom is 0.292 e. The number of hydrogen-bond acceptors (Lipinski definition) is 4. The number of aryl methyl sites for hydroxylation is 1. The molecule has 2 saturated heterocycles. The third-order valence-corrected chi connectivity index (χ3v) is 9.00. The van der Waals surface area contributed by atoms with Gasteiger partial charge >= 0.3 is 0 Å². The van der Waals surface area contributed by atoms with Crippen molar-refractivity contribution >= 4 is 39.1 Å². The van der Waals surface area contributed by atoms with Crippen LogP contribution in [0.15, 0.2) is 42.5 Å². The van der Waals surface area contributed by atoms with Gasteiger partial charge in [0.25, 0.3) is 5.91 Å². The van der Waals surface area contributed by atoms with Crippen LogP contribution in [-0.4, -0.2) is 35.4 Å². The molecule has 1 saturated carbocycles. The van der Waals surface area contributed by atoms with E-state index in [2.05, 4.69) is 25.1 Å². The molecule has 1 aliphatic carbocycles. The van der Waals surface area contributed by atoms with Gasteiger partial charge in [0.1, 0.15) is 5.01 Å². The van der Waals surface area contributed by atoms with Crippen molar-refractivity contribution < 1.29 is 14.5 Å². The molecule has 4 atom stereocenters. The molecular formula is C27H30N3O2S+. The maximum absolute atomic E-state index is 13.5. The van der Waals surface area contributed by atoms with Gasteiger partial charge in [-0.15, -0.1) is 11.3 Å². The minimum atomic E-state index is -0.212. The zero-order valence-electron chi connectivity index (χ0n) is 19.0. The van der Waals surface area contributed by atoms with Gasteiger partial charge in [-0.25, -0.2) is 9.88 Å². The normalized spacial score (nSPS) is 27.8. The Morgan fingerprint density at radius 1 is 1.00 bits per heavy atom. The molecule has 3 aromatic rings. The Kier molecular flexibility index (Phi) is 5.30. The van der Waals surface area contributed by atoms with Gasteiger partial charge in [0.2, 0.25) is 5.91 Å². The van der Waals surface area contributed by atoms with E-state index in [1.807, 2.05) is 24.3 Å². The van der Waals surface area contributed by atoms with Crippen molar-refractivity contribution in [2.24, 2.45) is 5.92 Å². The summed E-state index contributed by atoms with van der Waals surface area (Å²) in [5.74, 6) is 0.666. The summed E-state index contributed by atoms with van der Waals surface area (Å²) < 4.78 is 1.17. The SMILES string of the molecule is Cc1ccc2nc(-c3ccc(N4C(=O)C[C@@H]([NH+]5CCC[C@H]6CCCC[C@@H]65)C4=O)cc3)sc2c1. The van der Waals surface area contributed by atoms with Gasteiger partial charge in [-0.05, 0) is 81.0 Å². The van der Waals surface area contributed by atoms with Gasteiger partial charge in [-0.3, -0.25) is 9.59 Å². The van der Waals surface area contributed by atoms with E-state index in [1.165, 1.54) is 58.6 Å². The summed E-state index contributed by atoms with van der Waals surface area (Å²) in [5, 5.41) is 0.959. The molecule has 1 aromatic heterocycles. The Hall–Kier alpha value is -2.57. The molecule has 0 bridgehead atoms. The zero-order chi connectivity index (χ0) is 22.5. The van der Waals surface area contributed by atoms with E-state index in [4.69, 9.17) is 4.98 Å². The number of hydrogen-bond donors (Lipinski definition) is 1. The van der Waals surface area contributed by atoms with Crippen LogP contribution in [0.3, 0.4) is 0 Å². The Bertz CT molecular complexity index is 1220. The van der Waals surface area contributed by atoms with Crippen molar-refractivity contribution in [3.63, 3.8) is 0 Å². The second kappa shape index (κ2) is 8.33. The number of fused-ring (bicyclic) bond motifs is 2. The first-order chi connectivity index (χ1) is 16.1. The highest BCUT2D eigenvalue weighted by Gasteiger charge is 2.50. The number of likely N-dealkylation sites (tertiary alicyclic amines) is 1. The fraction of sp³-hybridized carbons (Fsp3) is 0.444. The number of carbonyl (C=O) groups is 2. The molecule has 6 heteroatoms. The van der Waals surface area contributed by atoms with Crippen LogP contribution in [0.4, 0.5) is 5.69 Å². The van der Waals surface area contributed by atoms with Gasteiger partial charge in [0, 0.05) is 11.5 Å². The molecule has 1 N–H and O–H groups in total. The number of quaternary nitrogens is 1. The molecule has 5 nitrogen and oxygen atoms in total. The van der Waals surface area contributed by atoms with Crippen LogP contribution in [0.25, 0.3) is 20.8 Å². The van der Waals surface area contributed by atoms with E-state index in [9.17, 15) is 9.59 Å². The van der Waals surface area contributed by atoms with Gasteiger partial charge in [0.15, 0.2) is 6.04 Å². The lowest BCUT2D eigenvalue weighted by molar-refractivity contribution is -0.950. The molecule has 33 heavy (non-hydrogen) atoms. The number of imide groups is 1. The average Bonchev–Trinajstić information content (AvgIpc) is 3.38. The van der Waals surface area contributed by atoms with Crippen molar-refractivity contribution in [3.8, 4) is 10.6 Å². The van der Waals surface area contributed by atoms with E-state index >= 15 is 0 Å². The molecule has 3 aliphatic rings. The van der Waals surface area contributed by atoms with E-state index < -0.39 is 0 Å². The van der Waals surface area contributed by atoms with Gasteiger partial charge in [-0.2, -0.15) is 0 Å². The smallest absolute Gasteiger partial charge is 0.292 e. The molecule has 0 radical (unpaired) electrons. The number of nitrogens with one attached hydrogen (secondary N) is 1. The predicted octanol–water partition coefficient (Wildman–Crippen LogP) is 4.14. The lowest BCUT2D eigenvalue weighted by Crippen LogP contribution is -3.21. The number of thiazole rings is 1. The molecular weight excluding hydrogens is 430 g/mol. The molecule has 3 heterocycles. The van der Waals surface area contributed by atoms with Crippen LogP contribution in [0.1, 0.15) is 50.5 Å². The number of anilines is 1. The molecule has 170 valence electrons. The van der Waals surface area contributed by atoms with Crippen LogP contribution in [0.5, 0.6) is 0 Å². The second-order valence-electron chi connectivity index (χ2n) is 9.98. The first-order valence-corrected chi connectivity index (χ1v) is 13.1. The second-order valence-corrected chi connectivity index (χ2v) is 11.0. The number of piperidine rings is 1. The highest BCUT2D eigenvalue weighted by molar-refractivity contribution is 7.21. The molecule has 1 unspecified atom stereocenters. The van der Waals surface area contributed by atoms with E-state index in [0.29, 0.717) is 18.2 Å². The van der Waals surface area contributed by atoms with Crippen LogP contribution < -0.4 is 9.80 Å². The molecule has 2 amide bonds. The summed E-state index contributed by atoms with van der Waals surface area (Å²) in [5.41, 5.74) is 3.93. The fourth-order valence-corrected chi connectivity index (χ4v) is 7.40. The summed E-state index contributed by atoms with van der Waals surface area (Å²) in [6, 6.07) is 14.4. The first-order valence-electron chi connectivity index (χ1n) is 12.3. The topological polar surface area (TPSA) is 54.7 Å². The third kappa shape index (κ3) is 3.69. The summed E-state index contributed by atoms with van der Waals surface area (Å²) in [7, 11) is 0. The first kappa shape index (κ1) is 21.0. The Labute approximate surface area is 198 Å². The summed E-state index contributed by atoms with van der Waals surface area (Å²) in [6.45, 7) is 3.11. The Balaban J connectivity index is 1.24. The summed E-state index contributed by atoms with van der Waals surface area (Å²) in [6.07, 6.45) is 7.88. The van der Waals surface area contributed by atoms with Gasteiger partial charge < -0.3 is 4.90 Å². The summed E-state index contributed by atoms with van der Waals surface area (Å²) >= 11 is 1.67. The monoisotopic (exact) mass is 460 g/mol. The highest BCUT2D eigenvalue weighted by atomic mass is 32.1. The van der Waals surface area contributed by atoms with Crippen LogP contribution in [0.2, 0.25) is 0 Å². The van der Waals surface area contributed by atoms with Crippen molar-refractivity contribution in [1.29, 1.82) is 0 Å². The third-order valence-electron chi connectivity index (χ3n) is 7.94. The van der Waals surface area contributed by atoms with Crippen LogP contribution in [-0.2, 0) is 9.59 Å². The predicted molar refractivity (Wildman–Crippen MR) is 132 cm³/mol. The molecule has 0 spiro atoms. The highest BCUT2D eigenvalue weighted by Crippen LogP contribution is 2.33. The van der Waals surface area contributed by atoms with Crippen LogP contribution >= 0.6 is 11.3 Å².